The summed E-state index contributed by atoms with van der Waals surface area (Å²) in [7, 11) is 0. The van der Waals surface area contributed by atoms with Gasteiger partial charge in [-0.25, -0.2) is 0 Å². The van der Waals surface area contributed by atoms with Crippen LogP contribution in [0.2, 0.25) is 0 Å². The van der Waals surface area contributed by atoms with Gasteiger partial charge in [-0.15, -0.1) is 0 Å². The van der Waals surface area contributed by atoms with Gasteiger partial charge < -0.3 is 5.32 Å². The molecule has 1 aromatic rings. The van der Waals surface area contributed by atoms with E-state index in [-0.39, 0.29) is 0 Å². The molecule has 4 heteroatoms. The Labute approximate surface area is 103 Å². The maximum atomic E-state index is 4.38. The van der Waals surface area contributed by atoms with Gasteiger partial charge in [0.25, 0.3) is 0 Å². The van der Waals surface area contributed by atoms with E-state index >= 15 is 0 Å². The molecule has 0 aliphatic heterocycles. The summed E-state index contributed by atoms with van der Waals surface area (Å²) in [6, 6.07) is 0.406. The molecule has 0 aliphatic carbocycles. The summed E-state index contributed by atoms with van der Waals surface area (Å²) in [5.74, 6) is 2.44. The molecule has 0 spiro atoms. The molecular formula is C12H23N3S. The topological polar surface area (TPSA) is 29.9 Å². The summed E-state index contributed by atoms with van der Waals surface area (Å²) >= 11 is 2.00. The van der Waals surface area contributed by atoms with E-state index in [0.29, 0.717) is 6.04 Å². The number of thioether (sulfide) groups is 1. The number of nitrogens with zero attached hydrogens (tertiary/aromatic N) is 2. The zero-order chi connectivity index (χ0) is 11.8. The third-order valence-corrected chi connectivity index (χ3v) is 3.53. The normalized spacial score (nSPS) is 12.9. The van der Waals surface area contributed by atoms with Crippen LogP contribution in [0.25, 0.3) is 0 Å². The van der Waals surface area contributed by atoms with Crippen LogP contribution in [0.15, 0.2) is 12.4 Å². The molecule has 0 radical (unpaired) electrons. The molecule has 1 rings (SSSR count). The van der Waals surface area contributed by atoms with Crippen LogP contribution in [0.4, 0.5) is 0 Å². The molecule has 0 aliphatic rings. The maximum Gasteiger partial charge on any atom is 0.0537 e. The van der Waals surface area contributed by atoms with Crippen LogP contribution in [-0.4, -0.2) is 27.8 Å². The lowest BCUT2D eigenvalue weighted by atomic mass is 10.2. The molecule has 1 unspecified atom stereocenters. The van der Waals surface area contributed by atoms with Crippen LogP contribution in [0, 0.1) is 0 Å². The van der Waals surface area contributed by atoms with Gasteiger partial charge in [0.1, 0.15) is 0 Å². The highest BCUT2D eigenvalue weighted by Crippen LogP contribution is 2.11. The fourth-order valence-electron chi connectivity index (χ4n) is 1.62. The molecule has 16 heavy (non-hydrogen) atoms. The zero-order valence-electron chi connectivity index (χ0n) is 10.6. The molecule has 0 aromatic carbocycles. The van der Waals surface area contributed by atoms with Crippen molar-refractivity contribution in [2.75, 3.05) is 18.1 Å². The summed E-state index contributed by atoms with van der Waals surface area (Å²) in [5, 5.41) is 7.78. The summed E-state index contributed by atoms with van der Waals surface area (Å²) < 4.78 is 2.05. The van der Waals surface area contributed by atoms with Gasteiger partial charge in [-0.2, -0.15) is 16.9 Å². The summed E-state index contributed by atoms with van der Waals surface area (Å²) in [6.45, 7) is 8.54. The van der Waals surface area contributed by atoms with Gasteiger partial charge in [0.2, 0.25) is 0 Å². The largest absolute Gasteiger partial charge is 0.310 e. The van der Waals surface area contributed by atoms with Gasteiger partial charge >= 0.3 is 0 Å². The lowest BCUT2D eigenvalue weighted by Gasteiger charge is -2.08. The van der Waals surface area contributed by atoms with Crippen molar-refractivity contribution in [1.29, 1.82) is 0 Å². The minimum atomic E-state index is 0.406. The van der Waals surface area contributed by atoms with Gasteiger partial charge in [-0.05, 0) is 31.4 Å². The Bertz CT molecular complexity index is 286. The molecule has 0 fully saturated rings. The Hall–Kier alpha value is -0.480. The average Bonchev–Trinajstić information content (AvgIpc) is 2.73. The van der Waals surface area contributed by atoms with E-state index in [1.54, 1.807) is 0 Å². The first-order chi connectivity index (χ1) is 7.77. The highest BCUT2D eigenvalue weighted by atomic mass is 32.2. The van der Waals surface area contributed by atoms with E-state index in [1.807, 2.05) is 18.0 Å². The number of aryl methyl sites for hydroxylation is 1. The first-order valence-corrected chi connectivity index (χ1v) is 7.26. The van der Waals surface area contributed by atoms with E-state index in [4.69, 9.17) is 0 Å². The van der Waals surface area contributed by atoms with Crippen LogP contribution in [0.1, 0.15) is 38.8 Å². The lowest BCUT2D eigenvalue weighted by Crippen LogP contribution is -2.17. The molecular weight excluding hydrogens is 218 g/mol. The van der Waals surface area contributed by atoms with Crippen molar-refractivity contribution in [1.82, 2.24) is 15.1 Å². The highest BCUT2D eigenvalue weighted by molar-refractivity contribution is 7.99. The number of hydrogen-bond acceptors (Lipinski definition) is 3. The van der Waals surface area contributed by atoms with Crippen molar-refractivity contribution in [2.45, 2.75) is 39.8 Å². The number of rotatable bonds is 8. The highest BCUT2D eigenvalue weighted by Gasteiger charge is 2.05. The van der Waals surface area contributed by atoms with E-state index < -0.39 is 0 Å². The van der Waals surface area contributed by atoms with Crippen LogP contribution in [0.3, 0.4) is 0 Å². The Kier molecular flexibility index (Phi) is 6.57. The zero-order valence-corrected chi connectivity index (χ0v) is 11.4. The molecule has 1 atom stereocenters. The fourth-order valence-corrected chi connectivity index (χ4v) is 2.24. The minimum absolute atomic E-state index is 0.406. The third kappa shape index (κ3) is 4.58. The second-order valence-electron chi connectivity index (χ2n) is 3.87. The van der Waals surface area contributed by atoms with E-state index in [9.17, 15) is 0 Å². The van der Waals surface area contributed by atoms with E-state index in [2.05, 4.69) is 42.1 Å². The summed E-state index contributed by atoms with van der Waals surface area (Å²) in [5.41, 5.74) is 1.28. The van der Waals surface area contributed by atoms with Crippen molar-refractivity contribution in [2.24, 2.45) is 0 Å². The Morgan fingerprint density at radius 3 is 3.00 bits per heavy atom. The number of nitrogens with one attached hydrogen (secondary N) is 1. The minimum Gasteiger partial charge on any atom is -0.310 e. The second kappa shape index (κ2) is 7.74. The molecule has 1 N–H and O–H groups in total. The molecule has 0 saturated heterocycles. The first kappa shape index (κ1) is 13.6. The predicted molar refractivity (Wildman–Crippen MR) is 71.9 cm³/mol. The lowest BCUT2D eigenvalue weighted by molar-refractivity contribution is 0.588. The van der Waals surface area contributed by atoms with Crippen molar-refractivity contribution in [3.05, 3.63) is 18.0 Å². The molecule has 92 valence electrons. The molecule has 1 aromatic heterocycles. The predicted octanol–water partition coefficient (Wildman–Crippen LogP) is 2.70. The van der Waals surface area contributed by atoms with Crippen LogP contribution >= 0.6 is 11.8 Å². The SMILES string of the molecule is CCNC(C)c1cnn(CCCSCC)c1. The molecule has 1 heterocycles. The maximum absolute atomic E-state index is 4.38. The average molecular weight is 241 g/mol. The van der Waals surface area contributed by atoms with Gasteiger partial charge in [-0.1, -0.05) is 13.8 Å². The second-order valence-corrected chi connectivity index (χ2v) is 5.26. The third-order valence-electron chi connectivity index (χ3n) is 2.54. The monoisotopic (exact) mass is 241 g/mol. The van der Waals surface area contributed by atoms with Crippen molar-refractivity contribution >= 4 is 11.8 Å². The Morgan fingerprint density at radius 1 is 1.50 bits per heavy atom. The molecule has 3 nitrogen and oxygen atoms in total. The fraction of sp³-hybridized carbons (Fsp3) is 0.750. The first-order valence-electron chi connectivity index (χ1n) is 6.11. The quantitative estimate of drug-likeness (QED) is 0.710. The summed E-state index contributed by atoms with van der Waals surface area (Å²) in [4.78, 5) is 0. The molecule has 0 saturated carbocycles. The Balaban J connectivity index is 2.33. The number of aromatic nitrogens is 2. The smallest absolute Gasteiger partial charge is 0.0537 e. The van der Waals surface area contributed by atoms with Crippen LogP contribution in [0.5, 0.6) is 0 Å². The van der Waals surface area contributed by atoms with Crippen LogP contribution < -0.4 is 5.32 Å². The van der Waals surface area contributed by atoms with Gasteiger partial charge in [-0.3, -0.25) is 4.68 Å². The number of hydrogen-bond donors (Lipinski definition) is 1. The standard InChI is InChI=1S/C12H23N3S/c1-4-13-11(3)12-9-14-15(10-12)7-6-8-16-5-2/h9-11,13H,4-8H2,1-3H3. The van der Waals surface area contributed by atoms with Crippen LogP contribution in [-0.2, 0) is 6.54 Å². The van der Waals surface area contributed by atoms with E-state index in [0.717, 1.165) is 13.1 Å². The van der Waals surface area contributed by atoms with Crippen molar-refractivity contribution in [3.63, 3.8) is 0 Å². The molecule has 0 amide bonds. The van der Waals surface area contributed by atoms with Gasteiger partial charge in [0, 0.05) is 24.3 Å². The van der Waals surface area contributed by atoms with E-state index in [1.165, 1.54) is 23.5 Å². The molecule has 0 bridgehead atoms. The van der Waals surface area contributed by atoms with Crippen molar-refractivity contribution < 1.29 is 0 Å². The van der Waals surface area contributed by atoms with Gasteiger partial charge in [0.15, 0.2) is 0 Å². The van der Waals surface area contributed by atoms with Crippen molar-refractivity contribution in [3.8, 4) is 0 Å². The summed E-state index contributed by atoms with van der Waals surface area (Å²) in [6.07, 6.45) is 5.33. The Morgan fingerprint density at radius 2 is 2.31 bits per heavy atom. The van der Waals surface area contributed by atoms with Gasteiger partial charge in [0.05, 0.1) is 6.20 Å².